The lowest BCUT2D eigenvalue weighted by Crippen LogP contribution is -2.41. The van der Waals surface area contributed by atoms with Gasteiger partial charge >= 0.3 is 0 Å². The van der Waals surface area contributed by atoms with Gasteiger partial charge in [-0.25, -0.2) is 0 Å². The van der Waals surface area contributed by atoms with E-state index in [1.807, 2.05) is 13.8 Å². The number of rotatable bonds is 5. The second-order valence-corrected chi connectivity index (χ2v) is 3.59. The van der Waals surface area contributed by atoms with Crippen LogP contribution in [0.25, 0.3) is 0 Å². The van der Waals surface area contributed by atoms with Crippen LogP contribution in [0, 0.1) is 17.2 Å². The van der Waals surface area contributed by atoms with Crippen LogP contribution in [0.15, 0.2) is 0 Å². The molecular formula is C9H17N3O. The van der Waals surface area contributed by atoms with Gasteiger partial charge in [0.2, 0.25) is 5.91 Å². The second-order valence-electron chi connectivity index (χ2n) is 3.59. The predicted molar refractivity (Wildman–Crippen MR) is 50.7 cm³/mol. The standard InChI is InChI=1S/C9H17N3O/c1-7(2)5-12(6-9(11)13)8(3)4-10/h7-8H,5-6H2,1-3H3,(H2,11,13). The van der Waals surface area contributed by atoms with E-state index >= 15 is 0 Å². The Hall–Kier alpha value is -1.08. The molecular weight excluding hydrogens is 166 g/mol. The van der Waals surface area contributed by atoms with Gasteiger partial charge in [0.25, 0.3) is 0 Å². The Balaban J connectivity index is 4.20. The minimum absolute atomic E-state index is 0.160. The molecule has 0 fully saturated rings. The Morgan fingerprint density at radius 2 is 2.08 bits per heavy atom. The summed E-state index contributed by atoms with van der Waals surface area (Å²) in [6.45, 7) is 6.73. The first kappa shape index (κ1) is 11.9. The van der Waals surface area contributed by atoms with Crippen molar-refractivity contribution >= 4 is 5.91 Å². The van der Waals surface area contributed by atoms with Gasteiger partial charge in [-0.2, -0.15) is 5.26 Å². The third-order valence-corrected chi connectivity index (χ3v) is 1.69. The Morgan fingerprint density at radius 1 is 1.54 bits per heavy atom. The molecule has 1 unspecified atom stereocenters. The van der Waals surface area contributed by atoms with E-state index in [1.165, 1.54) is 0 Å². The molecule has 1 atom stereocenters. The number of amides is 1. The average molecular weight is 183 g/mol. The number of nitrogens with two attached hydrogens (primary N) is 1. The highest BCUT2D eigenvalue weighted by molar-refractivity contribution is 5.76. The summed E-state index contributed by atoms with van der Waals surface area (Å²) in [5.41, 5.74) is 5.07. The maximum atomic E-state index is 10.7. The molecule has 13 heavy (non-hydrogen) atoms. The molecule has 1 amide bonds. The van der Waals surface area contributed by atoms with Crippen LogP contribution in [-0.2, 0) is 4.79 Å². The highest BCUT2D eigenvalue weighted by Crippen LogP contribution is 2.02. The maximum Gasteiger partial charge on any atom is 0.231 e. The zero-order chi connectivity index (χ0) is 10.4. The van der Waals surface area contributed by atoms with Crippen LogP contribution >= 0.6 is 0 Å². The van der Waals surface area contributed by atoms with Crippen LogP contribution in [0.4, 0.5) is 0 Å². The van der Waals surface area contributed by atoms with Gasteiger partial charge in [0.15, 0.2) is 0 Å². The van der Waals surface area contributed by atoms with E-state index in [9.17, 15) is 4.79 Å². The van der Waals surface area contributed by atoms with Crippen molar-refractivity contribution in [3.05, 3.63) is 0 Å². The lowest BCUT2D eigenvalue weighted by atomic mass is 10.2. The van der Waals surface area contributed by atoms with Crippen molar-refractivity contribution in [2.24, 2.45) is 11.7 Å². The number of hydrogen-bond donors (Lipinski definition) is 1. The molecule has 0 aliphatic rings. The van der Waals surface area contributed by atoms with E-state index in [4.69, 9.17) is 11.0 Å². The number of nitrogens with zero attached hydrogens (tertiary/aromatic N) is 2. The third-order valence-electron chi connectivity index (χ3n) is 1.69. The highest BCUT2D eigenvalue weighted by atomic mass is 16.1. The smallest absolute Gasteiger partial charge is 0.231 e. The number of hydrogen-bond acceptors (Lipinski definition) is 3. The molecule has 0 spiro atoms. The van der Waals surface area contributed by atoms with E-state index in [0.717, 1.165) is 6.54 Å². The van der Waals surface area contributed by atoms with Gasteiger partial charge in [0.1, 0.15) is 0 Å². The van der Waals surface area contributed by atoms with Crippen molar-refractivity contribution in [1.29, 1.82) is 5.26 Å². The van der Waals surface area contributed by atoms with Gasteiger partial charge < -0.3 is 5.73 Å². The van der Waals surface area contributed by atoms with Crippen molar-refractivity contribution in [3.63, 3.8) is 0 Å². The third kappa shape index (κ3) is 5.21. The van der Waals surface area contributed by atoms with E-state index < -0.39 is 0 Å². The Kier molecular flexibility index (Phi) is 5.09. The SMILES string of the molecule is CC(C)CN(CC(N)=O)C(C)C#N. The summed E-state index contributed by atoms with van der Waals surface area (Å²) in [5, 5.41) is 8.69. The molecule has 2 N–H and O–H groups in total. The Morgan fingerprint density at radius 3 is 2.38 bits per heavy atom. The fourth-order valence-corrected chi connectivity index (χ4v) is 1.11. The minimum Gasteiger partial charge on any atom is -0.369 e. The lowest BCUT2D eigenvalue weighted by Gasteiger charge is -2.24. The second kappa shape index (κ2) is 5.55. The first-order chi connectivity index (χ1) is 5.97. The van der Waals surface area contributed by atoms with E-state index in [2.05, 4.69) is 6.07 Å². The molecule has 0 heterocycles. The molecule has 4 nitrogen and oxygen atoms in total. The zero-order valence-corrected chi connectivity index (χ0v) is 8.45. The summed E-state index contributed by atoms with van der Waals surface area (Å²) in [7, 11) is 0. The van der Waals surface area contributed by atoms with Crippen LogP contribution in [-0.4, -0.2) is 29.9 Å². The van der Waals surface area contributed by atoms with Gasteiger partial charge in [-0.15, -0.1) is 0 Å². The van der Waals surface area contributed by atoms with Crippen LogP contribution in [0.3, 0.4) is 0 Å². The van der Waals surface area contributed by atoms with Crippen molar-refractivity contribution in [3.8, 4) is 6.07 Å². The van der Waals surface area contributed by atoms with E-state index in [1.54, 1.807) is 11.8 Å². The van der Waals surface area contributed by atoms with Crippen molar-refractivity contribution in [2.45, 2.75) is 26.8 Å². The van der Waals surface area contributed by atoms with Gasteiger partial charge in [-0.1, -0.05) is 13.8 Å². The summed E-state index contributed by atoms with van der Waals surface area (Å²) >= 11 is 0. The molecule has 0 saturated carbocycles. The van der Waals surface area contributed by atoms with Crippen molar-refractivity contribution in [2.75, 3.05) is 13.1 Å². The Bertz CT molecular complexity index is 207. The molecule has 0 saturated heterocycles. The fourth-order valence-electron chi connectivity index (χ4n) is 1.11. The maximum absolute atomic E-state index is 10.7. The first-order valence-corrected chi connectivity index (χ1v) is 4.39. The quantitative estimate of drug-likeness (QED) is 0.668. The number of carbonyl (C=O) groups is 1. The molecule has 74 valence electrons. The lowest BCUT2D eigenvalue weighted by molar-refractivity contribution is -0.119. The Labute approximate surface area is 79.3 Å². The fraction of sp³-hybridized carbons (Fsp3) is 0.778. The van der Waals surface area contributed by atoms with Gasteiger partial charge in [0.05, 0.1) is 18.7 Å². The largest absolute Gasteiger partial charge is 0.369 e. The van der Waals surface area contributed by atoms with Crippen LogP contribution < -0.4 is 5.73 Å². The van der Waals surface area contributed by atoms with Crippen LogP contribution in [0.1, 0.15) is 20.8 Å². The van der Waals surface area contributed by atoms with Crippen molar-refractivity contribution < 1.29 is 4.79 Å². The topological polar surface area (TPSA) is 70.1 Å². The molecule has 0 aliphatic heterocycles. The molecule has 0 aliphatic carbocycles. The molecule has 4 heteroatoms. The molecule has 0 aromatic rings. The number of nitriles is 1. The molecule has 0 bridgehead atoms. The highest BCUT2D eigenvalue weighted by Gasteiger charge is 2.16. The average Bonchev–Trinajstić information content (AvgIpc) is 2.00. The minimum atomic E-state index is -0.386. The van der Waals surface area contributed by atoms with Crippen LogP contribution in [0.2, 0.25) is 0 Å². The molecule has 0 aromatic carbocycles. The summed E-state index contributed by atoms with van der Waals surface area (Å²) < 4.78 is 0. The van der Waals surface area contributed by atoms with Gasteiger partial charge in [-0.05, 0) is 12.8 Å². The van der Waals surface area contributed by atoms with Crippen LogP contribution in [0.5, 0.6) is 0 Å². The molecule has 0 aromatic heterocycles. The number of carbonyl (C=O) groups excluding carboxylic acids is 1. The van der Waals surface area contributed by atoms with Gasteiger partial charge in [0, 0.05) is 6.54 Å². The molecule has 0 radical (unpaired) electrons. The summed E-state index contributed by atoms with van der Waals surface area (Å²) in [6.07, 6.45) is 0. The monoisotopic (exact) mass is 183 g/mol. The predicted octanol–water partition coefficient (Wildman–Crippen LogP) is 0.342. The first-order valence-electron chi connectivity index (χ1n) is 4.39. The van der Waals surface area contributed by atoms with E-state index in [0.29, 0.717) is 5.92 Å². The van der Waals surface area contributed by atoms with Crippen molar-refractivity contribution in [1.82, 2.24) is 4.90 Å². The zero-order valence-electron chi connectivity index (χ0n) is 8.45. The number of primary amides is 1. The molecule has 0 rings (SSSR count). The summed E-state index contributed by atoms with van der Waals surface area (Å²) in [5.74, 6) is 0.0397. The normalized spacial score (nSPS) is 12.9. The van der Waals surface area contributed by atoms with Gasteiger partial charge in [-0.3, -0.25) is 9.69 Å². The summed E-state index contributed by atoms with van der Waals surface area (Å²) in [6, 6.07) is 1.84. The summed E-state index contributed by atoms with van der Waals surface area (Å²) in [4.78, 5) is 12.5. The van der Waals surface area contributed by atoms with E-state index in [-0.39, 0.29) is 18.5 Å².